The Morgan fingerprint density at radius 1 is 0.473 bits per heavy atom. The van der Waals surface area contributed by atoms with E-state index >= 15 is 0 Å². The first-order chi connectivity index (χ1) is 26.2. The van der Waals surface area contributed by atoms with Gasteiger partial charge in [0.2, 0.25) is 70.9 Å². The Hall–Kier alpha value is -6.36. The van der Waals surface area contributed by atoms with Crippen LogP contribution in [0.5, 0.6) is 0 Å². The molecule has 2 aliphatic heterocycles. The topological polar surface area (TPSA) is 340 Å². The molecule has 2 rings (SSSR count). The first-order valence-corrected chi connectivity index (χ1v) is 17.5. The monoisotopic (exact) mass is 780 g/mol. The van der Waals surface area contributed by atoms with Gasteiger partial charge in [-0.2, -0.15) is 0 Å². The van der Waals surface area contributed by atoms with Crippen LogP contribution >= 0.6 is 0 Å². The van der Waals surface area contributed by atoms with E-state index in [2.05, 4.69) is 58.5 Å². The van der Waals surface area contributed by atoms with Crippen LogP contribution < -0.4 is 58.5 Å². The zero-order valence-electron chi connectivity index (χ0n) is 30.3. The molecule has 0 aromatic heterocycles. The normalized spacial score (nSPS) is 22.3. The summed E-state index contributed by atoms with van der Waals surface area (Å²) in [6, 6.07) is -2.52. The van der Waals surface area contributed by atoms with E-state index in [0.717, 1.165) is 12.8 Å². The number of amides is 12. The number of likely N-dealkylation sites (tertiary alicyclic amines) is 1. The van der Waals surface area contributed by atoms with E-state index in [4.69, 9.17) is 0 Å². The molecule has 24 nitrogen and oxygen atoms in total. The van der Waals surface area contributed by atoms with E-state index in [0.29, 0.717) is 19.5 Å². The lowest BCUT2D eigenvalue weighted by atomic mass is 10.1. The minimum absolute atomic E-state index is 0.128. The number of hydrogen-bond donors (Lipinski definition) is 11. The van der Waals surface area contributed by atoms with E-state index in [9.17, 15) is 57.5 Å². The lowest BCUT2D eigenvalue weighted by Crippen LogP contribution is -2.56. The molecule has 0 radical (unpaired) electrons. The summed E-state index contributed by atoms with van der Waals surface area (Å²) in [6.07, 6.45) is 1.42. The summed E-state index contributed by atoms with van der Waals surface area (Å²) in [7, 11) is 0. The molecule has 12 amide bonds. The third kappa shape index (κ3) is 18.8. The summed E-state index contributed by atoms with van der Waals surface area (Å²) in [6.45, 7) is -2.62. The van der Waals surface area contributed by atoms with Crippen molar-refractivity contribution < 1.29 is 57.5 Å². The number of carbonyl (C=O) groups is 12. The molecule has 2 unspecified atom stereocenters. The zero-order valence-corrected chi connectivity index (χ0v) is 30.3. The molecule has 24 heteroatoms. The zero-order chi connectivity index (χ0) is 40.8. The van der Waals surface area contributed by atoms with Crippen molar-refractivity contribution >= 4 is 70.9 Å². The van der Waals surface area contributed by atoms with Crippen LogP contribution in [0.1, 0.15) is 39.0 Å². The molecular weight excluding hydrogens is 732 g/mol. The molecule has 2 fully saturated rings. The maximum absolute atomic E-state index is 13.3. The lowest BCUT2D eigenvalue weighted by molar-refractivity contribution is -0.138. The van der Waals surface area contributed by atoms with Crippen molar-refractivity contribution in [2.24, 2.45) is 0 Å². The van der Waals surface area contributed by atoms with Gasteiger partial charge in [-0.25, -0.2) is 0 Å². The van der Waals surface area contributed by atoms with Crippen LogP contribution in [0.15, 0.2) is 0 Å². The fourth-order valence-electron chi connectivity index (χ4n) is 4.80. The SMILES string of the molecule is CCCC1NC(=O)CNC(=O)CNC(=O)CNC(=O)CNC(=O)CNC(=O)CNC(=O)CNC(=O)CNC(=O)CNC(=O)CC(C(=O)N2CCCC2)NC1=O. The molecule has 0 bridgehead atoms. The molecule has 2 saturated heterocycles. The van der Waals surface area contributed by atoms with Gasteiger partial charge in [0.05, 0.1) is 65.3 Å². The van der Waals surface area contributed by atoms with Crippen molar-refractivity contribution in [2.75, 3.05) is 72.0 Å². The van der Waals surface area contributed by atoms with Crippen molar-refractivity contribution in [1.82, 2.24) is 63.4 Å². The molecule has 0 saturated carbocycles. The predicted molar refractivity (Wildman–Crippen MR) is 186 cm³/mol. The number of nitrogens with one attached hydrogen (secondary N) is 11. The molecule has 2 aliphatic rings. The minimum Gasteiger partial charge on any atom is -0.347 e. The highest BCUT2D eigenvalue weighted by Crippen LogP contribution is 2.11. The van der Waals surface area contributed by atoms with Gasteiger partial charge in [0, 0.05) is 13.1 Å². The Bertz CT molecular complexity index is 1480. The molecular formula is C31H48N12O12. The van der Waals surface area contributed by atoms with Gasteiger partial charge in [-0.3, -0.25) is 57.5 Å². The first kappa shape index (κ1) is 44.8. The second-order valence-electron chi connectivity index (χ2n) is 12.2. The van der Waals surface area contributed by atoms with Crippen molar-refractivity contribution in [3.8, 4) is 0 Å². The maximum Gasteiger partial charge on any atom is 0.245 e. The van der Waals surface area contributed by atoms with Gasteiger partial charge < -0.3 is 63.4 Å². The Morgan fingerprint density at radius 3 is 1.11 bits per heavy atom. The average Bonchev–Trinajstić information content (AvgIpc) is 3.70. The number of carbonyl (C=O) groups excluding carboxylic acids is 12. The van der Waals surface area contributed by atoms with Gasteiger partial charge in [0.25, 0.3) is 0 Å². The molecule has 55 heavy (non-hydrogen) atoms. The third-order valence-corrected chi connectivity index (χ3v) is 7.67. The smallest absolute Gasteiger partial charge is 0.245 e. The summed E-state index contributed by atoms with van der Waals surface area (Å²) < 4.78 is 0. The van der Waals surface area contributed by atoms with Gasteiger partial charge in [-0.15, -0.1) is 0 Å². The molecule has 0 aromatic carbocycles. The maximum atomic E-state index is 13.3. The third-order valence-electron chi connectivity index (χ3n) is 7.67. The molecule has 0 aromatic rings. The Labute approximate surface area is 314 Å². The van der Waals surface area contributed by atoms with Crippen molar-refractivity contribution in [3.05, 3.63) is 0 Å². The Morgan fingerprint density at radius 2 is 0.782 bits per heavy atom. The molecule has 304 valence electrons. The Kier molecular flexibility index (Phi) is 19.6. The second kappa shape index (κ2) is 24.1. The van der Waals surface area contributed by atoms with Crippen molar-refractivity contribution in [3.63, 3.8) is 0 Å². The average molecular weight is 781 g/mol. The highest BCUT2D eigenvalue weighted by Gasteiger charge is 2.32. The van der Waals surface area contributed by atoms with Gasteiger partial charge >= 0.3 is 0 Å². The van der Waals surface area contributed by atoms with Crippen LogP contribution in [-0.2, 0) is 57.5 Å². The second-order valence-corrected chi connectivity index (χ2v) is 12.2. The van der Waals surface area contributed by atoms with Crippen LogP contribution in [-0.4, -0.2) is 160 Å². The van der Waals surface area contributed by atoms with Crippen molar-refractivity contribution in [2.45, 2.75) is 51.1 Å². The van der Waals surface area contributed by atoms with E-state index in [1.54, 1.807) is 6.92 Å². The Balaban J connectivity index is 2.08. The first-order valence-electron chi connectivity index (χ1n) is 17.5. The van der Waals surface area contributed by atoms with Crippen LogP contribution in [0.4, 0.5) is 0 Å². The van der Waals surface area contributed by atoms with Crippen LogP contribution in [0.3, 0.4) is 0 Å². The lowest BCUT2D eigenvalue weighted by Gasteiger charge is -2.26. The molecule has 2 atom stereocenters. The van der Waals surface area contributed by atoms with Crippen LogP contribution in [0, 0.1) is 0 Å². The molecule has 0 aliphatic carbocycles. The fourth-order valence-corrected chi connectivity index (χ4v) is 4.80. The quantitative estimate of drug-likeness (QED) is 0.127. The van der Waals surface area contributed by atoms with E-state index in [-0.39, 0.29) is 6.42 Å². The van der Waals surface area contributed by atoms with E-state index in [1.807, 2.05) is 0 Å². The van der Waals surface area contributed by atoms with Gasteiger partial charge in [-0.05, 0) is 19.3 Å². The minimum atomic E-state index is -1.36. The van der Waals surface area contributed by atoms with E-state index in [1.165, 1.54) is 4.90 Å². The molecule has 0 spiro atoms. The molecule has 11 N–H and O–H groups in total. The summed E-state index contributed by atoms with van der Waals surface area (Å²) in [5, 5.41) is 25.0. The largest absolute Gasteiger partial charge is 0.347 e. The van der Waals surface area contributed by atoms with Crippen LogP contribution in [0.2, 0.25) is 0 Å². The van der Waals surface area contributed by atoms with Gasteiger partial charge in [-0.1, -0.05) is 13.3 Å². The number of rotatable bonds is 3. The fraction of sp³-hybridized carbons (Fsp3) is 0.613. The van der Waals surface area contributed by atoms with Gasteiger partial charge in [0.15, 0.2) is 0 Å². The summed E-state index contributed by atoms with van der Waals surface area (Å²) in [5.41, 5.74) is 0. The van der Waals surface area contributed by atoms with E-state index < -0.39 is 148 Å². The molecule has 2 heterocycles. The number of nitrogens with zero attached hydrogens (tertiary/aromatic N) is 1. The highest BCUT2D eigenvalue weighted by molar-refractivity contribution is 5.97. The summed E-state index contributed by atoms with van der Waals surface area (Å²) in [5.74, 6) is -9.13. The standard InChI is InChI=1S/C31H48N12O12/c1-2-5-18-30(54)42-19(31(55)43-6-3-4-7-43)8-20(44)32-9-21(45)33-10-22(46)34-11-23(47)35-12-24(48)36-13-25(49)37-14-26(50)38-15-27(51)39-16-28(52)40-17-29(53)41-18/h18-19H,2-17H2,1H3,(H,32,44)(H,33,45)(H,34,46)(H,35,47)(H,36,48)(H,37,49)(H,38,50)(H,39,51)(H,40,52)(H,41,53)(H,42,54). The predicted octanol–water partition coefficient (Wildman–Crippen LogP) is -8.17. The summed E-state index contributed by atoms with van der Waals surface area (Å²) in [4.78, 5) is 150. The van der Waals surface area contributed by atoms with Crippen LogP contribution in [0.25, 0.3) is 0 Å². The highest BCUT2D eigenvalue weighted by atomic mass is 16.2. The van der Waals surface area contributed by atoms with Gasteiger partial charge in [0.1, 0.15) is 12.1 Å². The summed E-state index contributed by atoms with van der Waals surface area (Å²) >= 11 is 0. The van der Waals surface area contributed by atoms with Crippen molar-refractivity contribution in [1.29, 1.82) is 0 Å². The number of hydrogen-bond acceptors (Lipinski definition) is 12.